The van der Waals surface area contributed by atoms with Crippen molar-refractivity contribution in [1.29, 1.82) is 0 Å². The summed E-state index contributed by atoms with van der Waals surface area (Å²) >= 11 is 0. The van der Waals surface area contributed by atoms with Crippen LogP contribution in [-0.2, 0) is 16.8 Å². The van der Waals surface area contributed by atoms with Crippen molar-refractivity contribution in [2.45, 2.75) is 41.5 Å². The normalized spacial score (nSPS) is 11.0. The Morgan fingerprint density at radius 2 is 0.925 bits per heavy atom. The third-order valence-corrected chi connectivity index (χ3v) is 8.16. The molecule has 0 fully saturated rings. The Hall–Kier alpha value is -6.31. The molecule has 53 heavy (non-hydrogen) atoms. The fraction of sp³-hybridized carbons (Fsp3) is 0.150. The monoisotopic (exact) mass is 757 g/mol. The fourth-order valence-corrected chi connectivity index (χ4v) is 5.70. The number of aromatic carboxylic acids is 2. The molecule has 2 aromatic heterocycles. The van der Waals surface area contributed by atoms with E-state index in [1.807, 2.05) is 100 Å². The molecule has 0 saturated carbocycles. The van der Waals surface area contributed by atoms with Crippen LogP contribution < -0.4 is 0 Å². The maximum Gasteiger partial charge on any atom is 0.337 e. The maximum absolute atomic E-state index is 11.5. The molecule has 4 aromatic carbocycles. The molecule has 0 unspecified atom stereocenters. The number of para-hydroxylation sites is 2. The van der Waals surface area contributed by atoms with Crippen LogP contribution in [0.1, 0.15) is 65.5 Å². The van der Waals surface area contributed by atoms with Gasteiger partial charge in [0.25, 0.3) is 0 Å². The van der Waals surface area contributed by atoms with Gasteiger partial charge in [-0.25, -0.2) is 19.0 Å². The van der Waals surface area contributed by atoms with Gasteiger partial charge in [-0.2, -0.15) is 10.2 Å². The molecule has 0 aliphatic carbocycles. The second kappa shape index (κ2) is 16.8. The summed E-state index contributed by atoms with van der Waals surface area (Å²) in [5, 5.41) is 48.6. The minimum atomic E-state index is -1.04. The van der Waals surface area contributed by atoms with Crippen molar-refractivity contribution in [2.24, 2.45) is 9.98 Å². The first kappa shape index (κ1) is 39.5. The van der Waals surface area contributed by atoms with E-state index in [9.17, 15) is 30.0 Å². The quantitative estimate of drug-likeness (QED) is 0.113. The number of hydrogen-bond acceptors (Lipinski definition) is 8. The van der Waals surface area contributed by atoms with Gasteiger partial charge in [-0.15, -0.1) is 0 Å². The van der Waals surface area contributed by atoms with E-state index in [1.165, 1.54) is 21.8 Å². The van der Waals surface area contributed by atoms with Crippen LogP contribution in [0.25, 0.3) is 11.4 Å². The molecule has 0 aliphatic rings. The Morgan fingerprint density at radius 3 is 1.25 bits per heavy atom. The van der Waals surface area contributed by atoms with Gasteiger partial charge in [-0.1, -0.05) is 48.5 Å². The molecular formula is C40H38CoN6O6. The molecule has 4 N–H and O–H groups in total. The van der Waals surface area contributed by atoms with Crippen LogP contribution in [0.4, 0.5) is 11.4 Å². The summed E-state index contributed by atoms with van der Waals surface area (Å²) in [7, 11) is 0. The van der Waals surface area contributed by atoms with Crippen molar-refractivity contribution in [1.82, 2.24) is 19.6 Å². The summed E-state index contributed by atoms with van der Waals surface area (Å²) in [6.07, 6.45) is 2.92. The molecule has 273 valence electrons. The number of carboxylic acids is 2. The second-order valence-electron chi connectivity index (χ2n) is 12.2. The van der Waals surface area contributed by atoms with Crippen LogP contribution in [0.3, 0.4) is 0 Å². The zero-order valence-corrected chi connectivity index (χ0v) is 30.9. The predicted molar refractivity (Wildman–Crippen MR) is 200 cm³/mol. The maximum atomic E-state index is 11.5. The van der Waals surface area contributed by atoms with Gasteiger partial charge in [0.2, 0.25) is 11.8 Å². The Kier molecular flexibility index (Phi) is 12.5. The topological polar surface area (TPSA) is 175 Å². The van der Waals surface area contributed by atoms with E-state index in [0.717, 1.165) is 33.6 Å². The van der Waals surface area contributed by atoms with Gasteiger partial charge >= 0.3 is 11.9 Å². The summed E-state index contributed by atoms with van der Waals surface area (Å²) in [6.45, 7) is 10.8. The molecule has 13 heteroatoms. The number of benzene rings is 4. The van der Waals surface area contributed by atoms with E-state index in [-0.39, 0.29) is 39.7 Å². The van der Waals surface area contributed by atoms with E-state index in [0.29, 0.717) is 33.9 Å². The Labute approximate surface area is 316 Å². The van der Waals surface area contributed by atoms with Crippen molar-refractivity contribution >= 4 is 35.7 Å². The SMILES string of the molecule is Cc1cc(C)c(N=Cc2c(C)nn(-c3ccccc3)c2O)c(C(=O)O)c1.Cc1cc(C)c(N=Cc2c(C)nn(-c3ccccc3)c2O)c(C(=O)O)c1.[Co]. The molecule has 0 amide bonds. The summed E-state index contributed by atoms with van der Waals surface area (Å²) in [4.78, 5) is 31.7. The predicted octanol–water partition coefficient (Wildman–Crippen LogP) is 7.90. The number of aromatic hydroxyl groups is 2. The van der Waals surface area contributed by atoms with E-state index in [4.69, 9.17) is 0 Å². The standard InChI is InChI=1S/2C20H19N3O3.Co/c2*1-12-9-13(2)18(16(10-12)20(25)26)21-11-17-14(3)22-23(19(17)24)15-7-5-4-6-8-15;/h2*4-11,24H,1-3H3,(H,25,26);. The van der Waals surface area contributed by atoms with Gasteiger partial charge in [0.1, 0.15) is 0 Å². The fourth-order valence-electron chi connectivity index (χ4n) is 5.70. The summed E-state index contributed by atoms with van der Waals surface area (Å²) < 4.78 is 2.85. The van der Waals surface area contributed by atoms with E-state index >= 15 is 0 Å². The Bertz CT molecular complexity index is 2180. The number of hydrogen-bond donors (Lipinski definition) is 4. The molecule has 0 bridgehead atoms. The van der Waals surface area contributed by atoms with Gasteiger partial charge in [0.15, 0.2) is 0 Å². The van der Waals surface area contributed by atoms with Crippen LogP contribution in [-0.4, -0.2) is 64.4 Å². The van der Waals surface area contributed by atoms with Crippen molar-refractivity contribution < 1.29 is 46.8 Å². The molecule has 2 heterocycles. The molecule has 1 radical (unpaired) electrons. The van der Waals surface area contributed by atoms with E-state index in [1.54, 1.807) is 26.0 Å². The Morgan fingerprint density at radius 1 is 0.585 bits per heavy atom. The minimum Gasteiger partial charge on any atom is -0.493 e. The number of carbonyl (C=O) groups is 2. The third kappa shape index (κ3) is 8.77. The van der Waals surface area contributed by atoms with Gasteiger partial charge in [-0.05, 0) is 100 Å². The zero-order chi connectivity index (χ0) is 37.7. The van der Waals surface area contributed by atoms with Gasteiger partial charge in [0.05, 0.1) is 56.4 Å². The average Bonchev–Trinajstić information content (AvgIpc) is 3.56. The first-order valence-electron chi connectivity index (χ1n) is 16.2. The molecule has 12 nitrogen and oxygen atoms in total. The molecule has 0 atom stereocenters. The van der Waals surface area contributed by atoms with Crippen LogP contribution in [0.15, 0.2) is 94.9 Å². The van der Waals surface area contributed by atoms with Crippen LogP contribution in [0.2, 0.25) is 0 Å². The van der Waals surface area contributed by atoms with Crippen molar-refractivity contribution in [3.63, 3.8) is 0 Å². The summed E-state index contributed by atoms with van der Waals surface area (Å²) in [5.41, 5.74) is 7.77. The molecule has 0 spiro atoms. The number of aryl methyl sites for hydroxylation is 6. The number of aromatic nitrogens is 4. The van der Waals surface area contributed by atoms with Gasteiger partial charge in [-0.3, -0.25) is 9.98 Å². The Balaban J connectivity index is 0.000000232. The number of carboxylic acid groups (broad SMARTS) is 2. The molecular weight excluding hydrogens is 719 g/mol. The average molecular weight is 758 g/mol. The van der Waals surface area contributed by atoms with Gasteiger partial charge in [0, 0.05) is 29.2 Å². The smallest absolute Gasteiger partial charge is 0.337 e. The molecule has 0 aliphatic heterocycles. The van der Waals surface area contributed by atoms with Crippen molar-refractivity contribution in [3.8, 4) is 23.1 Å². The number of aliphatic imine (C=N–C) groups is 2. The second-order valence-corrected chi connectivity index (χ2v) is 12.2. The zero-order valence-electron chi connectivity index (χ0n) is 29.9. The van der Waals surface area contributed by atoms with Crippen LogP contribution in [0, 0.1) is 41.5 Å². The number of rotatable bonds is 8. The molecule has 6 aromatic rings. The first-order valence-corrected chi connectivity index (χ1v) is 16.2. The summed E-state index contributed by atoms with van der Waals surface area (Å²) in [6, 6.07) is 25.4. The van der Waals surface area contributed by atoms with Crippen LogP contribution in [0.5, 0.6) is 11.8 Å². The summed E-state index contributed by atoms with van der Waals surface area (Å²) in [5.74, 6) is -2.16. The largest absolute Gasteiger partial charge is 0.493 e. The molecule has 6 rings (SSSR count). The van der Waals surface area contributed by atoms with E-state index < -0.39 is 11.9 Å². The van der Waals surface area contributed by atoms with Crippen molar-refractivity contribution in [2.75, 3.05) is 0 Å². The number of nitrogens with zero attached hydrogens (tertiary/aromatic N) is 6. The van der Waals surface area contributed by atoms with Crippen molar-refractivity contribution in [3.05, 3.63) is 141 Å². The third-order valence-electron chi connectivity index (χ3n) is 8.16. The first-order chi connectivity index (χ1) is 24.8. The minimum absolute atomic E-state index is 0. The van der Waals surface area contributed by atoms with Gasteiger partial charge < -0.3 is 20.4 Å². The van der Waals surface area contributed by atoms with E-state index in [2.05, 4.69) is 20.2 Å². The van der Waals surface area contributed by atoms with Crippen LogP contribution >= 0.6 is 0 Å². The molecule has 0 saturated heterocycles.